The van der Waals surface area contributed by atoms with Gasteiger partial charge in [0.05, 0.1) is 11.3 Å². The highest BCUT2D eigenvalue weighted by molar-refractivity contribution is 6.35. The van der Waals surface area contributed by atoms with E-state index in [4.69, 9.17) is 21.1 Å². The molecule has 0 amide bonds. The van der Waals surface area contributed by atoms with Gasteiger partial charge in [0, 0.05) is 17.0 Å². The Bertz CT molecular complexity index is 570. The fourth-order valence-electron chi connectivity index (χ4n) is 1.43. The summed E-state index contributed by atoms with van der Waals surface area (Å²) in [6.07, 6.45) is 0.912. The molecular weight excluding hydrogens is 232 g/mol. The van der Waals surface area contributed by atoms with Gasteiger partial charge in [-0.05, 0) is 12.1 Å². The highest BCUT2D eigenvalue weighted by atomic mass is 35.5. The predicted molar refractivity (Wildman–Crippen MR) is 57.8 cm³/mol. The summed E-state index contributed by atoms with van der Waals surface area (Å²) in [5.41, 5.74) is 0.773. The van der Waals surface area contributed by atoms with Gasteiger partial charge < -0.3 is 9.52 Å². The van der Waals surface area contributed by atoms with Crippen molar-refractivity contribution in [1.29, 1.82) is 0 Å². The molecule has 0 aliphatic rings. The molecule has 4 nitrogen and oxygen atoms in total. The Labute approximate surface area is 95.4 Å². The summed E-state index contributed by atoms with van der Waals surface area (Å²) >= 11 is 5.86. The van der Waals surface area contributed by atoms with Crippen LogP contribution >= 0.6 is 11.6 Å². The van der Waals surface area contributed by atoms with Gasteiger partial charge in [0.25, 0.3) is 0 Å². The number of carbonyl (C=O) groups is 2. The number of benzene rings is 1. The summed E-state index contributed by atoms with van der Waals surface area (Å²) in [6.45, 7) is 0. The first-order chi connectivity index (χ1) is 7.58. The van der Waals surface area contributed by atoms with Crippen LogP contribution in [0.25, 0.3) is 11.0 Å². The van der Waals surface area contributed by atoms with Crippen molar-refractivity contribution in [3.05, 3.63) is 35.0 Å². The molecule has 0 spiro atoms. The molecule has 0 atom stereocenters. The van der Waals surface area contributed by atoms with Gasteiger partial charge in [-0.15, -0.1) is 0 Å². The number of halogens is 1. The standard InChI is InChI=1S/C11H7ClO4/c12-8-4-10-6(1-2-16-10)3-7(8)9(13)5-11(14)15/h1-4H,5H2,(H,14,15). The molecule has 1 aromatic carbocycles. The van der Waals surface area contributed by atoms with Gasteiger partial charge in [0.1, 0.15) is 12.0 Å². The zero-order valence-electron chi connectivity index (χ0n) is 8.07. The van der Waals surface area contributed by atoms with E-state index in [9.17, 15) is 9.59 Å². The molecular formula is C11H7ClO4. The minimum absolute atomic E-state index is 0.203. The molecule has 0 radical (unpaired) electrons. The number of rotatable bonds is 3. The van der Waals surface area contributed by atoms with E-state index in [-0.39, 0.29) is 10.6 Å². The summed E-state index contributed by atoms with van der Waals surface area (Å²) in [7, 11) is 0. The molecule has 0 fully saturated rings. The van der Waals surface area contributed by atoms with Gasteiger partial charge in [0.15, 0.2) is 5.78 Å². The third-order valence-corrected chi connectivity index (χ3v) is 2.47. The molecule has 5 heteroatoms. The highest BCUT2D eigenvalue weighted by Crippen LogP contribution is 2.25. The average molecular weight is 239 g/mol. The first kappa shape index (κ1) is 10.7. The quantitative estimate of drug-likeness (QED) is 0.659. The van der Waals surface area contributed by atoms with Crippen molar-refractivity contribution in [2.24, 2.45) is 0 Å². The predicted octanol–water partition coefficient (Wildman–Crippen LogP) is 2.74. The molecule has 0 unspecified atom stereocenters. The van der Waals surface area contributed by atoms with E-state index in [1.807, 2.05) is 0 Å². The summed E-state index contributed by atoms with van der Waals surface area (Å²) in [5, 5.41) is 9.45. The maximum absolute atomic E-state index is 11.5. The topological polar surface area (TPSA) is 67.5 Å². The van der Waals surface area contributed by atoms with Crippen LogP contribution in [0, 0.1) is 0 Å². The van der Waals surface area contributed by atoms with Crippen LogP contribution < -0.4 is 0 Å². The van der Waals surface area contributed by atoms with Gasteiger partial charge in [-0.3, -0.25) is 9.59 Å². The maximum Gasteiger partial charge on any atom is 0.311 e. The molecule has 2 aromatic rings. The smallest absolute Gasteiger partial charge is 0.311 e. The number of carbonyl (C=O) groups excluding carboxylic acids is 1. The van der Waals surface area contributed by atoms with E-state index >= 15 is 0 Å². The van der Waals surface area contributed by atoms with Crippen molar-refractivity contribution >= 4 is 34.3 Å². The van der Waals surface area contributed by atoms with Crippen LogP contribution in [0.5, 0.6) is 0 Å². The Morgan fingerprint density at radius 3 is 2.81 bits per heavy atom. The zero-order valence-corrected chi connectivity index (χ0v) is 8.82. The van der Waals surface area contributed by atoms with Crippen molar-refractivity contribution in [3.8, 4) is 0 Å². The fraction of sp³-hybridized carbons (Fsp3) is 0.0909. The minimum atomic E-state index is -1.17. The van der Waals surface area contributed by atoms with Gasteiger partial charge in [-0.2, -0.15) is 0 Å². The number of ketones is 1. The van der Waals surface area contributed by atoms with Gasteiger partial charge in [-0.25, -0.2) is 0 Å². The van der Waals surface area contributed by atoms with Crippen molar-refractivity contribution in [3.63, 3.8) is 0 Å². The largest absolute Gasteiger partial charge is 0.481 e. The molecule has 0 aliphatic carbocycles. The molecule has 82 valence electrons. The summed E-state index contributed by atoms with van der Waals surface area (Å²) in [4.78, 5) is 22.0. The zero-order chi connectivity index (χ0) is 11.7. The lowest BCUT2D eigenvalue weighted by Crippen LogP contribution is -2.07. The Kier molecular flexibility index (Phi) is 2.66. The summed E-state index contributed by atoms with van der Waals surface area (Å²) < 4.78 is 5.10. The molecule has 1 heterocycles. The number of hydrogen-bond donors (Lipinski definition) is 1. The monoisotopic (exact) mass is 238 g/mol. The third-order valence-electron chi connectivity index (χ3n) is 2.15. The molecule has 2 rings (SSSR count). The molecule has 0 saturated heterocycles. The fourth-order valence-corrected chi connectivity index (χ4v) is 1.69. The lowest BCUT2D eigenvalue weighted by atomic mass is 10.1. The van der Waals surface area contributed by atoms with Gasteiger partial charge in [0.2, 0.25) is 0 Å². The maximum atomic E-state index is 11.5. The van der Waals surface area contributed by atoms with Crippen LogP contribution in [-0.4, -0.2) is 16.9 Å². The van der Waals surface area contributed by atoms with Crippen LogP contribution in [0.2, 0.25) is 5.02 Å². The van der Waals surface area contributed by atoms with E-state index in [1.54, 1.807) is 6.07 Å². The van der Waals surface area contributed by atoms with Crippen LogP contribution in [0.1, 0.15) is 16.8 Å². The highest BCUT2D eigenvalue weighted by Gasteiger charge is 2.15. The number of hydrogen-bond acceptors (Lipinski definition) is 3. The van der Waals surface area contributed by atoms with Crippen molar-refractivity contribution in [2.45, 2.75) is 6.42 Å². The van der Waals surface area contributed by atoms with Crippen molar-refractivity contribution in [1.82, 2.24) is 0 Å². The second-order valence-electron chi connectivity index (χ2n) is 3.28. The van der Waals surface area contributed by atoms with Crippen LogP contribution in [-0.2, 0) is 4.79 Å². The molecule has 1 N–H and O–H groups in total. The van der Waals surface area contributed by atoms with Crippen LogP contribution in [0.4, 0.5) is 0 Å². The second kappa shape index (κ2) is 3.98. The number of Topliss-reactive ketones (excluding diaryl/α,β-unsaturated/α-hetero) is 1. The number of carboxylic acids is 1. The van der Waals surface area contributed by atoms with E-state index in [0.29, 0.717) is 5.58 Å². The molecule has 0 aliphatic heterocycles. The first-order valence-electron chi connectivity index (χ1n) is 4.49. The Morgan fingerprint density at radius 2 is 2.12 bits per heavy atom. The number of furan rings is 1. The third kappa shape index (κ3) is 1.92. The number of aliphatic carboxylic acids is 1. The Balaban J connectivity index is 2.46. The lowest BCUT2D eigenvalue weighted by Gasteiger charge is -2.01. The van der Waals surface area contributed by atoms with E-state index in [0.717, 1.165) is 5.39 Å². The molecule has 0 bridgehead atoms. The normalized spacial score (nSPS) is 10.6. The second-order valence-corrected chi connectivity index (χ2v) is 3.69. The molecule has 1 aromatic heterocycles. The first-order valence-corrected chi connectivity index (χ1v) is 4.87. The Morgan fingerprint density at radius 1 is 1.38 bits per heavy atom. The number of fused-ring (bicyclic) bond motifs is 1. The summed E-state index contributed by atoms with van der Waals surface area (Å²) in [5.74, 6) is -1.69. The SMILES string of the molecule is O=C(O)CC(=O)c1cc2ccoc2cc1Cl. The lowest BCUT2D eigenvalue weighted by molar-refractivity contribution is -0.135. The van der Waals surface area contributed by atoms with Gasteiger partial charge >= 0.3 is 5.97 Å². The van der Waals surface area contributed by atoms with Gasteiger partial charge in [-0.1, -0.05) is 11.6 Å². The average Bonchev–Trinajstić information content (AvgIpc) is 2.61. The Hall–Kier alpha value is -1.81. The minimum Gasteiger partial charge on any atom is -0.481 e. The van der Waals surface area contributed by atoms with Crippen LogP contribution in [0.15, 0.2) is 28.9 Å². The molecule has 0 saturated carbocycles. The van der Waals surface area contributed by atoms with E-state index < -0.39 is 18.2 Å². The van der Waals surface area contributed by atoms with E-state index in [1.165, 1.54) is 18.4 Å². The summed E-state index contributed by atoms with van der Waals surface area (Å²) in [6, 6.07) is 4.72. The van der Waals surface area contributed by atoms with Crippen LogP contribution in [0.3, 0.4) is 0 Å². The van der Waals surface area contributed by atoms with Crippen molar-refractivity contribution in [2.75, 3.05) is 0 Å². The van der Waals surface area contributed by atoms with E-state index in [2.05, 4.69) is 0 Å². The van der Waals surface area contributed by atoms with Crippen molar-refractivity contribution < 1.29 is 19.1 Å². The number of carboxylic acid groups (broad SMARTS) is 1. The molecule has 16 heavy (non-hydrogen) atoms.